The van der Waals surface area contributed by atoms with Crippen LogP contribution in [0.1, 0.15) is 49.5 Å². The van der Waals surface area contributed by atoms with Crippen LogP contribution in [-0.2, 0) is 0 Å². The molecule has 0 aliphatic heterocycles. The summed E-state index contributed by atoms with van der Waals surface area (Å²) >= 11 is 0. The van der Waals surface area contributed by atoms with Crippen LogP contribution in [0.2, 0.25) is 0 Å². The van der Waals surface area contributed by atoms with Gasteiger partial charge >= 0.3 is 0 Å². The minimum absolute atomic E-state index is 0.0295. The van der Waals surface area contributed by atoms with Crippen molar-refractivity contribution in [2.75, 3.05) is 4.90 Å². The lowest BCUT2D eigenvalue weighted by Crippen LogP contribution is -2.37. The number of rotatable bonds is 4. The number of anilines is 1. The highest BCUT2D eigenvalue weighted by Gasteiger charge is 2.26. The van der Waals surface area contributed by atoms with Crippen molar-refractivity contribution in [2.45, 2.75) is 39.7 Å². The van der Waals surface area contributed by atoms with Crippen molar-refractivity contribution < 1.29 is 19.4 Å². The molecule has 2 aromatic rings. The van der Waals surface area contributed by atoms with Crippen molar-refractivity contribution >= 4 is 11.6 Å². The molecular formula is C19H22FNO3. The molecule has 24 heavy (non-hydrogen) atoms. The average Bonchev–Trinajstić information content (AvgIpc) is 2.48. The van der Waals surface area contributed by atoms with Gasteiger partial charge in [0, 0.05) is 12.1 Å². The summed E-state index contributed by atoms with van der Waals surface area (Å²) in [6.45, 7) is 7.28. The molecule has 0 bridgehead atoms. The van der Waals surface area contributed by atoms with Crippen molar-refractivity contribution in [1.29, 1.82) is 0 Å². The number of benzene rings is 2. The van der Waals surface area contributed by atoms with Gasteiger partial charge in [-0.2, -0.15) is 0 Å². The largest absolute Gasteiger partial charge is 0.508 e. The molecule has 0 aliphatic rings. The van der Waals surface area contributed by atoms with Gasteiger partial charge in [-0.25, -0.2) is 4.39 Å². The second kappa shape index (κ2) is 6.91. The maximum Gasteiger partial charge on any atom is 0.262 e. The van der Waals surface area contributed by atoms with Crippen molar-refractivity contribution in [3.8, 4) is 11.5 Å². The van der Waals surface area contributed by atoms with Gasteiger partial charge in [0.05, 0.1) is 11.3 Å². The first-order valence-corrected chi connectivity index (χ1v) is 7.88. The number of hydrogen-bond donors (Lipinski definition) is 2. The monoisotopic (exact) mass is 331 g/mol. The van der Waals surface area contributed by atoms with E-state index in [0.717, 1.165) is 6.07 Å². The first kappa shape index (κ1) is 17.8. The molecule has 4 nitrogen and oxygen atoms in total. The van der Waals surface area contributed by atoms with Crippen LogP contribution < -0.4 is 4.90 Å². The number of nitrogens with zero attached hydrogens (tertiary/aromatic N) is 1. The fourth-order valence-electron chi connectivity index (χ4n) is 2.63. The number of halogens is 1. The molecule has 0 fully saturated rings. The summed E-state index contributed by atoms with van der Waals surface area (Å²) in [7, 11) is 0. The normalized spacial score (nSPS) is 11.1. The predicted octanol–water partition coefficient (Wildman–Crippen LogP) is 4.42. The second-order valence-electron chi connectivity index (χ2n) is 6.30. The van der Waals surface area contributed by atoms with Gasteiger partial charge in [-0.05, 0) is 43.5 Å². The molecular weight excluding hydrogens is 309 g/mol. The van der Waals surface area contributed by atoms with Crippen LogP contribution in [0, 0.1) is 5.82 Å². The number of phenols is 2. The molecule has 5 heteroatoms. The first-order chi connectivity index (χ1) is 11.2. The van der Waals surface area contributed by atoms with E-state index >= 15 is 0 Å². The summed E-state index contributed by atoms with van der Waals surface area (Å²) in [6, 6.07) is 8.32. The van der Waals surface area contributed by atoms with Gasteiger partial charge in [0.15, 0.2) is 0 Å². The number of carbonyl (C=O) groups excluding carboxylic acids is 1. The van der Waals surface area contributed by atoms with Crippen LogP contribution in [0.25, 0.3) is 0 Å². The fraction of sp³-hybridized carbons (Fsp3) is 0.316. The first-order valence-electron chi connectivity index (χ1n) is 7.88. The third kappa shape index (κ3) is 3.35. The molecule has 2 N–H and O–H groups in total. The Morgan fingerprint density at radius 1 is 1.04 bits per heavy atom. The maximum absolute atomic E-state index is 14.2. The molecule has 2 rings (SSSR count). The van der Waals surface area contributed by atoms with Gasteiger partial charge in [-0.1, -0.05) is 26.0 Å². The van der Waals surface area contributed by atoms with E-state index in [2.05, 4.69) is 0 Å². The van der Waals surface area contributed by atoms with Crippen LogP contribution in [0.5, 0.6) is 11.5 Å². The van der Waals surface area contributed by atoms with Crippen molar-refractivity contribution in [2.24, 2.45) is 0 Å². The summed E-state index contributed by atoms with van der Waals surface area (Å²) < 4.78 is 14.2. The quantitative estimate of drug-likeness (QED) is 0.872. The van der Waals surface area contributed by atoms with Crippen LogP contribution in [0.3, 0.4) is 0 Å². The van der Waals surface area contributed by atoms with Gasteiger partial charge in [-0.3, -0.25) is 4.79 Å². The highest BCUT2D eigenvalue weighted by molar-refractivity contribution is 6.08. The van der Waals surface area contributed by atoms with Gasteiger partial charge in [0.1, 0.15) is 17.3 Å². The molecule has 128 valence electrons. The Balaban J connectivity index is 2.56. The lowest BCUT2D eigenvalue weighted by atomic mass is 9.98. The molecule has 2 aromatic carbocycles. The van der Waals surface area contributed by atoms with Gasteiger partial charge < -0.3 is 15.1 Å². The molecule has 0 saturated heterocycles. The van der Waals surface area contributed by atoms with E-state index in [1.54, 1.807) is 26.0 Å². The zero-order chi connectivity index (χ0) is 18.0. The smallest absolute Gasteiger partial charge is 0.262 e. The Morgan fingerprint density at radius 3 is 2.21 bits per heavy atom. The highest BCUT2D eigenvalue weighted by Crippen LogP contribution is 2.34. The summed E-state index contributed by atoms with van der Waals surface area (Å²) in [5.74, 6) is -1.46. The number of para-hydroxylation sites is 1. The fourth-order valence-corrected chi connectivity index (χ4v) is 2.63. The lowest BCUT2D eigenvalue weighted by molar-refractivity contribution is 0.0976. The minimum atomic E-state index is -0.519. The third-order valence-electron chi connectivity index (χ3n) is 3.84. The summed E-state index contributed by atoms with van der Waals surface area (Å²) in [6.07, 6.45) is 0. The van der Waals surface area contributed by atoms with E-state index < -0.39 is 11.7 Å². The van der Waals surface area contributed by atoms with Crippen LogP contribution in [0.15, 0.2) is 36.4 Å². The maximum atomic E-state index is 14.2. The Kier molecular flexibility index (Phi) is 5.12. The Bertz CT molecular complexity index is 756. The number of hydrogen-bond acceptors (Lipinski definition) is 3. The molecule has 0 aliphatic carbocycles. The Labute approximate surface area is 141 Å². The Morgan fingerprint density at radius 2 is 1.67 bits per heavy atom. The van der Waals surface area contributed by atoms with Crippen LogP contribution >= 0.6 is 0 Å². The number of aromatic hydroxyl groups is 2. The zero-order valence-electron chi connectivity index (χ0n) is 14.2. The number of phenolic OH excluding ortho intramolecular Hbond substituents is 2. The van der Waals surface area contributed by atoms with E-state index in [0.29, 0.717) is 5.56 Å². The van der Waals surface area contributed by atoms with E-state index in [1.807, 2.05) is 13.8 Å². The lowest BCUT2D eigenvalue weighted by Gasteiger charge is -2.28. The minimum Gasteiger partial charge on any atom is -0.508 e. The van der Waals surface area contributed by atoms with Crippen molar-refractivity contribution in [1.82, 2.24) is 0 Å². The van der Waals surface area contributed by atoms with Crippen molar-refractivity contribution in [3.63, 3.8) is 0 Å². The molecule has 0 unspecified atom stereocenters. The molecule has 1 amide bonds. The highest BCUT2D eigenvalue weighted by atomic mass is 19.1. The van der Waals surface area contributed by atoms with E-state index in [1.165, 1.54) is 23.1 Å². The second-order valence-corrected chi connectivity index (χ2v) is 6.30. The van der Waals surface area contributed by atoms with E-state index in [-0.39, 0.29) is 34.7 Å². The molecule has 0 aromatic heterocycles. The number of carbonyl (C=O) groups is 1. The Hall–Kier alpha value is -2.56. The van der Waals surface area contributed by atoms with Gasteiger partial charge in [-0.15, -0.1) is 0 Å². The summed E-state index contributed by atoms with van der Waals surface area (Å²) in [5.41, 5.74) is 0.734. The molecule has 0 atom stereocenters. The predicted molar refractivity (Wildman–Crippen MR) is 92.2 cm³/mol. The standard InChI is InChI=1S/C19H22FNO3/c1-11(2)13-9-14(18(23)10-17(13)22)19(24)21(12(3)4)16-8-6-5-7-15(16)20/h5-12,22-23H,1-4H3. The van der Waals surface area contributed by atoms with E-state index in [9.17, 15) is 19.4 Å². The third-order valence-corrected chi connectivity index (χ3v) is 3.84. The summed E-state index contributed by atoms with van der Waals surface area (Å²) in [5, 5.41) is 20.0. The van der Waals surface area contributed by atoms with Crippen LogP contribution in [0.4, 0.5) is 10.1 Å². The SMILES string of the molecule is CC(C)c1cc(C(=O)N(c2ccccc2F)C(C)C)c(O)cc1O. The summed E-state index contributed by atoms with van der Waals surface area (Å²) in [4.78, 5) is 14.3. The van der Waals surface area contributed by atoms with Gasteiger partial charge in [0.2, 0.25) is 0 Å². The number of amides is 1. The van der Waals surface area contributed by atoms with Gasteiger partial charge in [0.25, 0.3) is 5.91 Å². The van der Waals surface area contributed by atoms with Crippen LogP contribution in [-0.4, -0.2) is 22.2 Å². The molecule has 0 spiro atoms. The molecule has 0 heterocycles. The van der Waals surface area contributed by atoms with Crippen molar-refractivity contribution in [3.05, 3.63) is 53.3 Å². The average molecular weight is 331 g/mol. The van der Waals surface area contributed by atoms with E-state index in [4.69, 9.17) is 0 Å². The topological polar surface area (TPSA) is 60.8 Å². The zero-order valence-corrected chi connectivity index (χ0v) is 14.2. The molecule has 0 saturated carbocycles. The molecule has 0 radical (unpaired) electrons.